The molecule has 0 bridgehead atoms. The predicted octanol–water partition coefficient (Wildman–Crippen LogP) is 3.63. The lowest BCUT2D eigenvalue weighted by atomic mass is 10.1. The van der Waals surface area contributed by atoms with Gasteiger partial charge in [0.05, 0.1) is 18.2 Å². The number of aromatic nitrogens is 2. The van der Waals surface area contributed by atoms with Gasteiger partial charge in [-0.1, -0.05) is 11.6 Å². The van der Waals surface area contributed by atoms with Crippen molar-refractivity contribution < 1.29 is 14.3 Å². The van der Waals surface area contributed by atoms with Gasteiger partial charge in [-0.15, -0.1) is 0 Å². The van der Waals surface area contributed by atoms with Crippen molar-refractivity contribution in [3.8, 4) is 5.75 Å². The second-order valence-electron chi connectivity index (χ2n) is 8.18. The highest BCUT2D eigenvalue weighted by atomic mass is 35.5. The summed E-state index contributed by atoms with van der Waals surface area (Å²) < 4.78 is 11.6. The zero-order valence-electron chi connectivity index (χ0n) is 18.2. The minimum atomic E-state index is 0.0150. The maximum atomic E-state index is 12.6. The first-order chi connectivity index (χ1) is 16.2. The summed E-state index contributed by atoms with van der Waals surface area (Å²) in [5, 5.41) is 7.90. The van der Waals surface area contributed by atoms with Crippen LogP contribution >= 0.6 is 11.6 Å². The first-order valence-electron chi connectivity index (χ1n) is 11.2. The van der Waals surface area contributed by atoms with E-state index >= 15 is 0 Å². The molecule has 2 aliphatic rings. The fourth-order valence-electron chi connectivity index (χ4n) is 4.08. The molecule has 2 saturated heterocycles. The standard InChI is InChI=1S/C24H26ClN5O3/c25-20-5-6-21(33-18-7-9-26-10-8-18)22-19(20)15-27-24(29-22)28-17-3-1-16(2-4-17)23(31)30-11-13-32-14-12-30/h1-6,15,18,26H,7-14H2,(H,27,28,29). The van der Waals surface area contributed by atoms with Crippen LogP contribution in [0.4, 0.5) is 11.6 Å². The van der Waals surface area contributed by atoms with E-state index in [4.69, 9.17) is 26.1 Å². The summed E-state index contributed by atoms with van der Waals surface area (Å²) in [4.78, 5) is 23.6. The fraction of sp³-hybridized carbons (Fsp3) is 0.375. The van der Waals surface area contributed by atoms with Gasteiger partial charge in [0, 0.05) is 35.9 Å². The number of morpholine rings is 1. The first kappa shape index (κ1) is 21.9. The number of ether oxygens (including phenoxy) is 2. The van der Waals surface area contributed by atoms with Gasteiger partial charge in [-0.3, -0.25) is 4.79 Å². The lowest BCUT2D eigenvalue weighted by Crippen LogP contribution is -2.40. The Kier molecular flexibility index (Phi) is 6.57. The zero-order valence-corrected chi connectivity index (χ0v) is 19.0. The normalized spacial score (nSPS) is 17.2. The number of hydrogen-bond donors (Lipinski definition) is 2. The molecular weight excluding hydrogens is 442 g/mol. The molecule has 172 valence electrons. The summed E-state index contributed by atoms with van der Waals surface area (Å²) in [5.41, 5.74) is 2.11. The average molecular weight is 468 g/mol. The average Bonchev–Trinajstić information content (AvgIpc) is 2.87. The highest BCUT2D eigenvalue weighted by Crippen LogP contribution is 2.32. The molecule has 3 aromatic rings. The van der Waals surface area contributed by atoms with Crippen molar-refractivity contribution in [2.24, 2.45) is 0 Å². The molecule has 0 saturated carbocycles. The van der Waals surface area contributed by atoms with Crippen molar-refractivity contribution in [2.75, 3.05) is 44.7 Å². The molecule has 3 heterocycles. The zero-order chi connectivity index (χ0) is 22.6. The van der Waals surface area contributed by atoms with Crippen molar-refractivity contribution in [3.05, 3.63) is 53.2 Å². The Morgan fingerprint density at radius 3 is 2.64 bits per heavy atom. The van der Waals surface area contributed by atoms with E-state index in [1.807, 2.05) is 41.3 Å². The Hall–Kier alpha value is -2.94. The van der Waals surface area contributed by atoms with Gasteiger partial charge >= 0.3 is 0 Å². The highest BCUT2D eigenvalue weighted by Gasteiger charge is 2.19. The third-order valence-electron chi connectivity index (χ3n) is 5.93. The molecule has 2 N–H and O–H groups in total. The monoisotopic (exact) mass is 467 g/mol. The van der Waals surface area contributed by atoms with E-state index in [1.165, 1.54) is 0 Å². The van der Waals surface area contributed by atoms with Crippen LogP contribution in [-0.4, -0.2) is 66.3 Å². The minimum absolute atomic E-state index is 0.0150. The summed E-state index contributed by atoms with van der Waals surface area (Å²) in [7, 11) is 0. The first-order valence-corrected chi connectivity index (χ1v) is 11.6. The number of piperidine rings is 1. The van der Waals surface area contributed by atoms with E-state index in [0.717, 1.165) is 37.0 Å². The Labute approximate surface area is 197 Å². The number of hydrogen-bond acceptors (Lipinski definition) is 7. The van der Waals surface area contributed by atoms with Gasteiger partial charge in [-0.2, -0.15) is 0 Å². The third kappa shape index (κ3) is 5.03. The Morgan fingerprint density at radius 2 is 1.88 bits per heavy atom. The van der Waals surface area contributed by atoms with Gasteiger partial charge in [0.1, 0.15) is 17.4 Å². The van der Waals surface area contributed by atoms with Crippen molar-refractivity contribution in [1.29, 1.82) is 0 Å². The topological polar surface area (TPSA) is 88.6 Å². The van der Waals surface area contributed by atoms with E-state index in [9.17, 15) is 4.79 Å². The summed E-state index contributed by atoms with van der Waals surface area (Å²) in [5.74, 6) is 1.16. The van der Waals surface area contributed by atoms with E-state index < -0.39 is 0 Å². The van der Waals surface area contributed by atoms with Gasteiger partial charge < -0.3 is 25.0 Å². The molecule has 33 heavy (non-hydrogen) atoms. The maximum absolute atomic E-state index is 12.6. The van der Waals surface area contributed by atoms with Crippen LogP contribution in [-0.2, 0) is 4.74 Å². The van der Waals surface area contributed by atoms with E-state index in [2.05, 4.69) is 15.6 Å². The lowest BCUT2D eigenvalue weighted by molar-refractivity contribution is 0.0303. The number of carbonyl (C=O) groups is 1. The minimum Gasteiger partial charge on any atom is -0.488 e. The summed E-state index contributed by atoms with van der Waals surface area (Å²) >= 11 is 6.39. The molecule has 1 amide bonds. The van der Waals surface area contributed by atoms with Crippen molar-refractivity contribution in [3.63, 3.8) is 0 Å². The molecule has 2 fully saturated rings. The van der Waals surface area contributed by atoms with Gasteiger partial charge in [0.2, 0.25) is 5.95 Å². The predicted molar refractivity (Wildman–Crippen MR) is 128 cm³/mol. The molecule has 9 heteroatoms. The molecule has 5 rings (SSSR count). The summed E-state index contributed by atoms with van der Waals surface area (Å²) in [6, 6.07) is 11.0. The smallest absolute Gasteiger partial charge is 0.254 e. The van der Waals surface area contributed by atoms with Crippen molar-refractivity contribution in [2.45, 2.75) is 18.9 Å². The molecule has 0 spiro atoms. The summed E-state index contributed by atoms with van der Waals surface area (Å²) in [6.07, 6.45) is 3.77. The molecule has 0 radical (unpaired) electrons. The largest absolute Gasteiger partial charge is 0.488 e. The number of amides is 1. The van der Waals surface area contributed by atoms with Gasteiger partial charge in [0.25, 0.3) is 5.91 Å². The molecular formula is C24H26ClN5O3. The molecule has 0 unspecified atom stereocenters. The Morgan fingerprint density at radius 1 is 1.12 bits per heavy atom. The molecule has 2 aromatic carbocycles. The quantitative estimate of drug-likeness (QED) is 0.592. The Bertz CT molecular complexity index is 1130. The number of rotatable bonds is 5. The molecule has 0 aliphatic carbocycles. The van der Waals surface area contributed by atoms with E-state index in [-0.39, 0.29) is 12.0 Å². The number of fused-ring (bicyclic) bond motifs is 1. The maximum Gasteiger partial charge on any atom is 0.254 e. The number of nitrogens with zero attached hydrogens (tertiary/aromatic N) is 3. The van der Waals surface area contributed by atoms with Crippen molar-refractivity contribution >= 4 is 40.0 Å². The summed E-state index contributed by atoms with van der Waals surface area (Å²) in [6.45, 7) is 4.29. The van der Waals surface area contributed by atoms with Gasteiger partial charge in [-0.05, 0) is 62.3 Å². The molecule has 2 aliphatic heterocycles. The SMILES string of the molecule is O=C(c1ccc(Nc2ncc3c(Cl)ccc(OC4CCNCC4)c3n2)cc1)N1CCOCC1. The van der Waals surface area contributed by atoms with Crippen LogP contribution < -0.4 is 15.4 Å². The second kappa shape index (κ2) is 9.91. The van der Waals surface area contributed by atoms with Crippen LogP contribution in [0.25, 0.3) is 10.9 Å². The van der Waals surface area contributed by atoms with E-state index in [0.29, 0.717) is 54.1 Å². The Balaban J connectivity index is 1.34. The van der Waals surface area contributed by atoms with Gasteiger partial charge in [-0.25, -0.2) is 9.97 Å². The third-order valence-corrected chi connectivity index (χ3v) is 6.26. The molecule has 8 nitrogen and oxygen atoms in total. The number of nitrogens with one attached hydrogen (secondary N) is 2. The number of halogens is 1. The number of anilines is 2. The lowest BCUT2D eigenvalue weighted by Gasteiger charge is -2.26. The number of carbonyl (C=O) groups excluding carboxylic acids is 1. The molecule has 0 atom stereocenters. The van der Waals surface area contributed by atoms with Crippen molar-refractivity contribution in [1.82, 2.24) is 20.2 Å². The van der Waals surface area contributed by atoms with Crippen LogP contribution in [0.5, 0.6) is 5.75 Å². The van der Waals surface area contributed by atoms with Crippen LogP contribution in [0, 0.1) is 0 Å². The fourth-order valence-corrected chi connectivity index (χ4v) is 4.29. The highest BCUT2D eigenvalue weighted by molar-refractivity contribution is 6.35. The second-order valence-corrected chi connectivity index (χ2v) is 8.58. The van der Waals surface area contributed by atoms with Crippen LogP contribution in [0.3, 0.4) is 0 Å². The van der Waals surface area contributed by atoms with Crippen LogP contribution in [0.1, 0.15) is 23.2 Å². The van der Waals surface area contributed by atoms with E-state index in [1.54, 1.807) is 6.20 Å². The van der Waals surface area contributed by atoms with Gasteiger partial charge in [0.15, 0.2) is 0 Å². The molecule has 1 aromatic heterocycles. The number of benzene rings is 2. The van der Waals surface area contributed by atoms with Crippen LogP contribution in [0.2, 0.25) is 5.02 Å². The van der Waals surface area contributed by atoms with Crippen LogP contribution in [0.15, 0.2) is 42.6 Å².